The Balaban J connectivity index is 1.71. The zero-order valence-corrected chi connectivity index (χ0v) is 19.6. The lowest BCUT2D eigenvalue weighted by Crippen LogP contribution is -2.42. The molecule has 1 heterocycles. The number of amides is 1. The minimum atomic E-state index is -0.735. The predicted molar refractivity (Wildman–Crippen MR) is 128 cm³/mol. The second kappa shape index (κ2) is 12.0. The van der Waals surface area contributed by atoms with Gasteiger partial charge in [-0.25, -0.2) is 9.89 Å². The highest BCUT2D eigenvalue weighted by atomic mass is 16.5. The van der Waals surface area contributed by atoms with E-state index in [2.05, 4.69) is 45.1 Å². The van der Waals surface area contributed by atoms with Gasteiger partial charge in [0.05, 0.1) is 13.2 Å². The predicted octanol–water partition coefficient (Wildman–Crippen LogP) is 2.38. The first-order chi connectivity index (χ1) is 16.4. The molecule has 9 nitrogen and oxygen atoms in total. The van der Waals surface area contributed by atoms with E-state index < -0.39 is 11.1 Å². The summed E-state index contributed by atoms with van der Waals surface area (Å²) in [4.78, 5) is 36.1. The van der Waals surface area contributed by atoms with Crippen molar-refractivity contribution in [1.29, 1.82) is 0 Å². The molecule has 0 spiro atoms. The van der Waals surface area contributed by atoms with Crippen LogP contribution >= 0.6 is 0 Å². The third-order valence-corrected chi connectivity index (χ3v) is 5.62. The smallest absolute Gasteiger partial charge is 0.361 e. The van der Waals surface area contributed by atoms with Gasteiger partial charge in [-0.15, -0.1) is 0 Å². The number of H-pyrrole nitrogens is 1. The van der Waals surface area contributed by atoms with Crippen LogP contribution in [-0.4, -0.2) is 51.7 Å². The molecule has 0 aliphatic carbocycles. The number of hydrogen-bond donors (Lipinski definition) is 2. The number of ether oxygens (including phenoxy) is 1. The van der Waals surface area contributed by atoms with Crippen molar-refractivity contribution in [3.8, 4) is 11.1 Å². The van der Waals surface area contributed by atoms with Crippen LogP contribution in [0.15, 0.2) is 59.4 Å². The van der Waals surface area contributed by atoms with E-state index in [-0.39, 0.29) is 31.5 Å². The molecule has 1 aromatic heterocycles. The van der Waals surface area contributed by atoms with Crippen LogP contribution < -0.4 is 11.0 Å². The van der Waals surface area contributed by atoms with Crippen LogP contribution in [0.2, 0.25) is 0 Å². The number of hydrogen-bond acceptors (Lipinski definition) is 6. The van der Waals surface area contributed by atoms with Gasteiger partial charge in [-0.2, -0.15) is 4.68 Å². The van der Waals surface area contributed by atoms with Crippen molar-refractivity contribution in [2.24, 2.45) is 5.41 Å². The lowest BCUT2D eigenvalue weighted by atomic mass is 9.83. The number of aromatic nitrogens is 4. The molecule has 0 fully saturated rings. The monoisotopic (exact) mass is 465 g/mol. The average molecular weight is 466 g/mol. The Bertz CT molecular complexity index is 1110. The van der Waals surface area contributed by atoms with Gasteiger partial charge in [-0.1, -0.05) is 61.5 Å². The first kappa shape index (κ1) is 25.0. The molecule has 2 aromatic carbocycles. The number of tetrazole rings is 1. The third-order valence-electron chi connectivity index (χ3n) is 5.62. The molecule has 34 heavy (non-hydrogen) atoms. The molecule has 9 heteroatoms. The van der Waals surface area contributed by atoms with E-state index in [9.17, 15) is 14.4 Å². The van der Waals surface area contributed by atoms with Crippen LogP contribution in [0.5, 0.6) is 0 Å². The third kappa shape index (κ3) is 7.21. The van der Waals surface area contributed by atoms with Crippen LogP contribution in [0.1, 0.15) is 32.3 Å². The molecular formula is C25H31N5O4. The van der Waals surface area contributed by atoms with Gasteiger partial charge in [0, 0.05) is 24.5 Å². The Kier molecular flexibility index (Phi) is 8.86. The van der Waals surface area contributed by atoms with E-state index in [0.717, 1.165) is 27.7 Å². The van der Waals surface area contributed by atoms with Crippen LogP contribution in [0.3, 0.4) is 0 Å². The fourth-order valence-corrected chi connectivity index (χ4v) is 3.83. The van der Waals surface area contributed by atoms with Crippen molar-refractivity contribution >= 4 is 12.2 Å². The Morgan fingerprint density at radius 3 is 2.50 bits per heavy atom. The summed E-state index contributed by atoms with van der Waals surface area (Å²) in [6.45, 7) is 4.62. The van der Waals surface area contributed by atoms with Crippen molar-refractivity contribution in [1.82, 2.24) is 25.5 Å². The highest BCUT2D eigenvalue weighted by molar-refractivity contribution is 5.76. The fourth-order valence-electron chi connectivity index (χ4n) is 3.83. The van der Waals surface area contributed by atoms with Gasteiger partial charge in [0.15, 0.2) is 0 Å². The quantitative estimate of drug-likeness (QED) is 0.374. The largest absolute Gasteiger partial charge is 0.381 e. The summed E-state index contributed by atoms with van der Waals surface area (Å²) in [7, 11) is 0. The molecule has 0 unspecified atom stereocenters. The van der Waals surface area contributed by atoms with Crippen molar-refractivity contribution in [3.63, 3.8) is 0 Å². The van der Waals surface area contributed by atoms with Gasteiger partial charge in [0.1, 0.15) is 6.29 Å². The average Bonchev–Trinajstić information content (AvgIpc) is 3.27. The highest BCUT2D eigenvalue weighted by Crippen LogP contribution is 2.25. The molecule has 3 rings (SSSR count). The number of nitrogens with one attached hydrogen (secondary N) is 2. The topological polar surface area (TPSA) is 119 Å². The lowest BCUT2D eigenvalue weighted by Gasteiger charge is -2.29. The van der Waals surface area contributed by atoms with Crippen molar-refractivity contribution in [2.75, 3.05) is 13.2 Å². The molecule has 0 saturated heterocycles. The second-order valence-electron chi connectivity index (χ2n) is 8.62. The van der Waals surface area contributed by atoms with Gasteiger partial charge in [0.25, 0.3) is 0 Å². The highest BCUT2D eigenvalue weighted by Gasteiger charge is 2.29. The molecule has 2 atom stereocenters. The van der Waals surface area contributed by atoms with Gasteiger partial charge < -0.3 is 14.8 Å². The SMILES string of the molecule is CCOC[C@](C)(C=O)C[C@@H](Cc1ccc(-c2ccccc2)cc1)NC(=O)CCn1nn[nH]c1=O. The summed E-state index contributed by atoms with van der Waals surface area (Å²) in [6.07, 6.45) is 1.95. The Labute approximate surface area is 198 Å². The molecule has 0 saturated carbocycles. The number of aldehydes is 1. The van der Waals surface area contributed by atoms with Crippen molar-refractivity contribution < 1.29 is 14.3 Å². The minimum absolute atomic E-state index is 0.0686. The minimum Gasteiger partial charge on any atom is -0.381 e. The Morgan fingerprint density at radius 1 is 1.18 bits per heavy atom. The molecule has 0 aliphatic heterocycles. The van der Waals surface area contributed by atoms with E-state index in [1.807, 2.05) is 44.2 Å². The maximum absolute atomic E-state index is 12.7. The fraction of sp³-hybridized carbons (Fsp3) is 0.400. The summed E-state index contributed by atoms with van der Waals surface area (Å²) < 4.78 is 6.62. The van der Waals surface area contributed by atoms with Crippen molar-refractivity contribution in [3.05, 3.63) is 70.6 Å². The standard InChI is InChI=1S/C25H31N5O4/c1-3-34-18-25(2,17-31)16-22(26-23(32)13-14-30-24(33)27-28-29-30)15-19-9-11-21(12-10-19)20-7-5-4-6-8-20/h4-12,17,22H,3,13-16,18H2,1-2H3,(H,26,32)(H,27,29,33)/t22-,25+/m1/s1. The maximum atomic E-state index is 12.7. The van der Waals surface area contributed by atoms with Crippen LogP contribution in [0.4, 0.5) is 0 Å². The van der Waals surface area contributed by atoms with Crippen molar-refractivity contribution in [2.45, 2.75) is 45.7 Å². The molecule has 1 amide bonds. The van der Waals surface area contributed by atoms with Gasteiger partial charge in [-0.05, 0) is 46.9 Å². The molecule has 0 aliphatic rings. The number of benzene rings is 2. The van der Waals surface area contributed by atoms with Crippen LogP contribution in [-0.2, 0) is 27.3 Å². The summed E-state index contributed by atoms with van der Waals surface area (Å²) >= 11 is 0. The van der Waals surface area contributed by atoms with E-state index in [4.69, 9.17) is 4.74 Å². The van der Waals surface area contributed by atoms with E-state index in [0.29, 0.717) is 19.4 Å². The number of carbonyl (C=O) groups is 2. The van der Waals surface area contributed by atoms with Crippen LogP contribution in [0.25, 0.3) is 11.1 Å². The number of aryl methyl sites for hydroxylation is 1. The molecule has 0 radical (unpaired) electrons. The second-order valence-corrected chi connectivity index (χ2v) is 8.62. The van der Waals surface area contributed by atoms with Crippen LogP contribution in [0, 0.1) is 5.41 Å². The van der Waals surface area contributed by atoms with E-state index in [1.54, 1.807) is 0 Å². The maximum Gasteiger partial charge on any atom is 0.361 e. The zero-order chi connectivity index (χ0) is 24.4. The number of carbonyl (C=O) groups excluding carboxylic acids is 2. The number of nitrogens with zero attached hydrogens (tertiary/aromatic N) is 3. The molecular weight excluding hydrogens is 434 g/mol. The first-order valence-corrected chi connectivity index (χ1v) is 11.4. The number of rotatable bonds is 13. The molecule has 180 valence electrons. The van der Waals surface area contributed by atoms with Gasteiger partial charge >= 0.3 is 5.69 Å². The molecule has 2 N–H and O–H groups in total. The summed E-state index contributed by atoms with van der Waals surface area (Å²) in [5, 5.41) is 12.3. The first-order valence-electron chi connectivity index (χ1n) is 11.4. The summed E-state index contributed by atoms with van der Waals surface area (Å²) in [6, 6.07) is 18.0. The number of aromatic amines is 1. The Morgan fingerprint density at radius 2 is 1.88 bits per heavy atom. The zero-order valence-electron chi connectivity index (χ0n) is 19.6. The van der Waals surface area contributed by atoms with Gasteiger partial charge in [-0.3, -0.25) is 4.79 Å². The van der Waals surface area contributed by atoms with E-state index in [1.165, 1.54) is 0 Å². The van der Waals surface area contributed by atoms with Gasteiger partial charge in [0.2, 0.25) is 5.91 Å². The molecule has 3 aromatic rings. The summed E-state index contributed by atoms with van der Waals surface area (Å²) in [5.74, 6) is -0.231. The van der Waals surface area contributed by atoms with E-state index >= 15 is 0 Å². The summed E-state index contributed by atoms with van der Waals surface area (Å²) in [5.41, 5.74) is 2.08. The lowest BCUT2D eigenvalue weighted by molar-refractivity contribution is -0.124. The normalized spacial score (nSPS) is 13.7. The Hall–Kier alpha value is -3.59. The molecule has 0 bridgehead atoms.